The predicted molar refractivity (Wildman–Crippen MR) is 44.0 cm³/mol. The lowest BCUT2D eigenvalue weighted by Crippen LogP contribution is -1.80. The van der Waals surface area contributed by atoms with Crippen molar-refractivity contribution in [1.82, 2.24) is 4.98 Å². The lowest BCUT2D eigenvalue weighted by molar-refractivity contribution is -0.104. The van der Waals surface area contributed by atoms with E-state index in [0.717, 1.165) is 17.4 Å². The molecule has 0 unspecified atom stereocenters. The van der Waals surface area contributed by atoms with Gasteiger partial charge in [-0.2, -0.15) is 0 Å². The van der Waals surface area contributed by atoms with Crippen LogP contribution in [0.5, 0.6) is 0 Å². The molecule has 0 aliphatic rings. The highest BCUT2D eigenvalue weighted by atomic mass is 16.1. The molecule has 0 saturated heterocycles. The Balaban J connectivity index is 2.94. The van der Waals surface area contributed by atoms with Gasteiger partial charge in [-0.05, 0) is 30.2 Å². The molecule has 11 heavy (non-hydrogen) atoms. The first-order valence-corrected chi connectivity index (χ1v) is 3.37. The maximum atomic E-state index is 10.1. The van der Waals surface area contributed by atoms with Crippen LogP contribution in [0.1, 0.15) is 12.5 Å². The summed E-state index contributed by atoms with van der Waals surface area (Å²) in [7, 11) is 0. The van der Waals surface area contributed by atoms with Gasteiger partial charge in [-0.1, -0.05) is 6.07 Å². The summed E-state index contributed by atoms with van der Waals surface area (Å²) in [6.45, 7) is 1.88. The number of rotatable bonds is 2. The second-order valence-electron chi connectivity index (χ2n) is 2.23. The number of aromatic nitrogens is 1. The fourth-order valence-electron chi connectivity index (χ4n) is 0.794. The molecule has 0 aromatic carbocycles. The third-order valence-electron chi connectivity index (χ3n) is 1.43. The zero-order valence-corrected chi connectivity index (χ0v) is 6.32. The molecule has 0 fully saturated rings. The van der Waals surface area contributed by atoms with Gasteiger partial charge in [-0.25, -0.2) is 0 Å². The quantitative estimate of drug-likeness (QED) is 0.470. The van der Waals surface area contributed by atoms with Gasteiger partial charge in [0.2, 0.25) is 0 Å². The molecule has 1 heterocycles. The van der Waals surface area contributed by atoms with E-state index in [9.17, 15) is 4.79 Å². The number of hydrogen-bond donors (Lipinski definition) is 0. The molecule has 0 bridgehead atoms. The lowest BCUT2D eigenvalue weighted by atomic mass is 10.1. The zero-order valence-electron chi connectivity index (χ0n) is 6.32. The second kappa shape index (κ2) is 3.66. The van der Waals surface area contributed by atoms with Crippen LogP contribution in [0.4, 0.5) is 0 Å². The van der Waals surface area contributed by atoms with Gasteiger partial charge >= 0.3 is 0 Å². The van der Waals surface area contributed by atoms with E-state index in [1.165, 1.54) is 6.08 Å². The van der Waals surface area contributed by atoms with Crippen LogP contribution in [0.25, 0.3) is 5.57 Å². The molecular weight excluding hydrogens is 138 g/mol. The minimum Gasteiger partial charge on any atom is -0.299 e. The van der Waals surface area contributed by atoms with Gasteiger partial charge in [0, 0.05) is 12.4 Å². The fourth-order valence-corrected chi connectivity index (χ4v) is 0.794. The van der Waals surface area contributed by atoms with E-state index >= 15 is 0 Å². The molecule has 0 atom stereocenters. The van der Waals surface area contributed by atoms with Crippen molar-refractivity contribution < 1.29 is 4.79 Å². The molecule has 0 amide bonds. The number of hydrogen-bond acceptors (Lipinski definition) is 2. The van der Waals surface area contributed by atoms with Crippen LogP contribution in [-0.4, -0.2) is 11.3 Å². The molecular formula is C9H9NO. The van der Waals surface area contributed by atoms with Crippen molar-refractivity contribution in [2.75, 3.05) is 0 Å². The Hall–Kier alpha value is -1.44. The van der Waals surface area contributed by atoms with Crippen molar-refractivity contribution in [2.24, 2.45) is 0 Å². The van der Waals surface area contributed by atoms with Gasteiger partial charge in [0.15, 0.2) is 0 Å². The van der Waals surface area contributed by atoms with Gasteiger partial charge in [0.25, 0.3) is 0 Å². The molecule has 1 rings (SSSR count). The van der Waals surface area contributed by atoms with Gasteiger partial charge in [0.1, 0.15) is 6.29 Å². The number of nitrogens with zero attached hydrogens (tertiary/aromatic N) is 1. The Morgan fingerprint density at radius 1 is 1.64 bits per heavy atom. The summed E-state index contributed by atoms with van der Waals surface area (Å²) in [4.78, 5) is 14.0. The van der Waals surface area contributed by atoms with Crippen LogP contribution in [0.15, 0.2) is 30.6 Å². The first kappa shape index (κ1) is 7.66. The van der Waals surface area contributed by atoms with Crippen molar-refractivity contribution >= 4 is 11.9 Å². The molecule has 0 N–H and O–H groups in total. The first-order chi connectivity index (χ1) is 5.34. The standard InChI is InChI=1S/C9H9NO/c1-8(4-6-11)9-3-2-5-10-7-9/h2-7H,1H3/b8-4-. The predicted octanol–water partition coefficient (Wildman–Crippen LogP) is 1.68. The third-order valence-corrected chi connectivity index (χ3v) is 1.43. The smallest absolute Gasteiger partial charge is 0.143 e. The number of carbonyl (C=O) groups excluding carboxylic acids is 1. The van der Waals surface area contributed by atoms with Crippen LogP contribution in [-0.2, 0) is 4.79 Å². The summed E-state index contributed by atoms with van der Waals surface area (Å²) < 4.78 is 0. The topological polar surface area (TPSA) is 30.0 Å². The molecule has 2 heteroatoms. The van der Waals surface area contributed by atoms with Crippen molar-refractivity contribution in [3.63, 3.8) is 0 Å². The van der Waals surface area contributed by atoms with Gasteiger partial charge in [-0.3, -0.25) is 9.78 Å². The molecule has 0 radical (unpaired) electrons. The van der Waals surface area contributed by atoms with Crippen molar-refractivity contribution in [2.45, 2.75) is 6.92 Å². The fraction of sp³-hybridized carbons (Fsp3) is 0.111. The van der Waals surface area contributed by atoms with Crippen molar-refractivity contribution in [3.8, 4) is 0 Å². The highest BCUT2D eigenvalue weighted by Crippen LogP contribution is 2.09. The van der Waals surface area contributed by atoms with Crippen LogP contribution in [0, 0.1) is 0 Å². The number of pyridine rings is 1. The Bertz CT molecular complexity index is 264. The Morgan fingerprint density at radius 3 is 3.00 bits per heavy atom. The van der Waals surface area contributed by atoms with Crippen LogP contribution < -0.4 is 0 Å². The van der Waals surface area contributed by atoms with Crippen molar-refractivity contribution in [3.05, 3.63) is 36.2 Å². The van der Waals surface area contributed by atoms with Gasteiger partial charge in [0.05, 0.1) is 0 Å². The van der Waals surface area contributed by atoms with E-state index in [2.05, 4.69) is 4.98 Å². The summed E-state index contributed by atoms with van der Waals surface area (Å²) >= 11 is 0. The molecule has 56 valence electrons. The van der Waals surface area contributed by atoms with Gasteiger partial charge in [-0.15, -0.1) is 0 Å². The normalized spacial score (nSPS) is 11.2. The van der Waals surface area contributed by atoms with E-state index < -0.39 is 0 Å². The summed E-state index contributed by atoms with van der Waals surface area (Å²) in [5.41, 5.74) is 1.92. The minimum absolute atomic E-state index is 0.780. The average molecular weight is 147 g/mol. The van der Waals surface area contributed by atoms with E-state index in [1.807, 2.05) is 19.1 Å². The molecule has 1 aromatic rings. The Kier molecular flexibility index (Phi) is 2.55. The summed E-state index contributed by atoms with van der Waals surface area (Å²) in [6, 6.07) is 3.76. The monoisotopic (exact) mass is 147 g/mol. The molecule has 1 aromatic heterocycles. The second-order valence-corrected chi connectivity index (χ2v) is 2.23. The number of aldehydes is 1. The summed E-state index contributed by atoms with van der Waals surface area (Å²) in [6.07, 6.45) is 5.74. The Morgan fingerprint density at radius 2 is 2.45 bits per heavy atom. The Labute approximate surface area is 65.6 Å². The molecule has 0 saturated carbocycles. The zero-order chi connectivity index (χ0) is 8.10. The molecule has 2 nitrogen and oxygen atoms in total. The first-order valence-electron chi connectivity index (χ1n) is 3.37. The van der Waals surface area contributed by atoms with Crippen molar-refractivity contribution in [1.29, 1.82) is 0 Å². The highest BCUT2D eigenvalue weighted by Gasteiger charge is 1.91. The average Bonchev–Trinajstić information content (AvgIpc) is 2.07. The maximum absolute atomic E-state index is 10.1. The highest BCUT2D eigenvalue weighted by molar-refractivity contribution is 5.80. The number of carbonyl (C=O) groups is 1. The lowest BCUT2D eigenvalue weighted by Gasteiger charge is -1.96. The van der Waals surface area contributed by atoms with E-state index in [-0.39, 0.29) is 0 Å². The van der Waals surface area contributed by atoms with Gasteiger partial charge < -0.3 is 0 Å². The summed E-state index contributed by atoms with van der Waals surface area (Å²) in [5, 5.41) is 0. The van der Waals surface area contributed by atoms with E-state index in [4.69, 9.17) is 0 Å². The molecule has 0 aliphatic carbocycles. The van der Waals surface area contributed by atoms with Crippen LogP contribution >= 0.6 is 0 Å². The van der Waals surface area contributed by atoms with Crippen LogP contribution in [0.3, 0.4) is 0 Å². The van der Waals surface area contributed by atoms with E-state index in [0.29, 0.717) is 0 Å². The minimum atomic E-state index is 0.780. The molecule has 0 aliphatic heterocycles. The largest absolute Gasteiger partial charge is 0.299 e. The number of allylic oxidation sites excluding steroid dienone is 2. The SMILES string of the molecule is C/C(=C/C=O)c1cccnc1. The molecule has 0 spiro atoms. The summed E-state index contributed by atoms with van der Waals surface area (Å²) in [5.74, 6) is 0. The van der Waals surface area contributed by atoms with Crippen LogP contribution in [0.2, 0.25) is 0 Å². The van der Waals surface area contributed by atoms with E-state index in [1.54, 1.807) is 12.4 Å². The maximum Gasteiger partial charge on any atom is 0.143 e. The third kappa shape index (κ3) is 2.00.